The number of rotatable bonds is 6. The lowest BCUT2D eigenvalue weighted by Gasteiger charge is -2.06. The Morgan fingerprint density at radius 2 is 2.10 bits per heavy atom. The lowest BCUT2D eigenvalue weighted by atomic mass is 10.2. The first-order valence-corrected chi connectivity index (χ1v) is 6.51. The monoisotopic (exact) mass is 284 g/mol. The molecule has 0 amide bonds. The Kier molecular flexibility index (Phi) is 4.67. The van der Waals surface area contributed by atoms with Crippen LogP contribution < -0.4 is 5.32 Å². The molecule has 110 valence electrons. The third-order valence-corrected chi connectivity index (χ3v) is 2.95. The maximum absolute atomic E-state index is 13.9. The van der Waals surface area contributed by atoms with E-state index in [1.165, 1.54) is 6.07 Å². The molecule has 1 N–H and O–H groups in total. The number of methoxy groups -OCH3 is 1. The molecule has 1 aromatic heterocycles. The zero-order valence-corrected chi connectivity index (χ0v) is 11.8. The SMILES string of the molecule is COCCNCc1cc2nc(C(C)C)oc2c(F)c1F. The van der Waals surface area contributed by atoms with Gasteiger partial charge in [0.2, 0.25) is 5.82 Å². The van der Waals surface area contributed by atoms with E-state index in [2.05, 4.69) is 10.3 Å². The van der Waals surface area contributed by atoms with Crippen molar-refractivity contribution in [3.05, 3.63) is 29.2 Å². The summed E-state index contributed by atoms with van der Waals surface area (Å²) >= 11 is 0. The number of benzene rings is 1. The third kappa shape index (κ3) is 2.96. The van der Waals surface area contributed by atoms with E-state index in [-0.39, 0.29) is 23.6 Å². The fourth-order valence-electron chi connectivity index (χ4n) is 1.85. The van der Waals surface area contributed by atoms with Gasteiger partial charge in [0, 0.05) is 31.7 Å². The van der Waals surface area contributed by atoms with Gasteiger partial charge >= 0.3 is 0 Å². The minimum absolute atomic E-state index is 0.0214. The number of nitrogens with zero attached hydrogens (tertiary/aromatic N) is 1. The Labute approximate surface area is 116 Å². The minimum atomic E-state index is -0.981. The Balaban J connectivity index is 2.29. The average molecular weight is 284 g/mol. The van der Waals surface area contributed by atoms with E-state index in [0.717, 1.165) is 0 Å². The Bertz CT molecular complexity index is 596. The topological polar surface area (TPSA) is 47.3 Å². The van der Waals surface area contributed by atoms with Crippen molar-refractivity contribution in [3.8, 4) is 0 Å². The van der Waals surface area contributed by atoms with Crippen LogP contribution in [0.25, 0.3) is 11.1 Å². The van der Waals surface area contributed by atoms with Gasteiger partial charge in [-0.1, -0.05) is 13.8 Å². The molecule has 0 aliphatic carbocycles. The summed E-state index contributed by atoms with van der Waals surface area (Å²) in [7, 11) is 1.58. The molecule has 0 saturated heterocycles. The molecule has 0 aliphatic heterocycles. The molecule has 0 radical (unpaired) electrons. The van der Waals surface area contributed by atoms with Crippen molar-refractivity contribution in [3.63, 3.8) is 0 Å². The molecular formula is C14H18F2N2O2. The van der Waals surface area contributed by atoms with Crippen molar-refractivity contribution in [2.45, 2.75) is 26.3 Å². The fraction of sp³-hybridized carbons (Fsp3) is 0.500. The molecule has 1 aromatic carbocycles. The largest absolute Gasteiger partial charge is 0.437 e. The molecule has 0 saturated carbocycles. The normalized spacial score (nSPS) is 11.7. The number of hydrogen-bond acceptors (Lipinski definition) is 4. The zero-order chi connectivity index (χ0) is 14.7. The molecule has 0 aliphatic rings. The smallest absolute Gasteiger partial charge is 0.203 e. The molecule has 20 heavy (non-hydrogen) atoms. The van der Waals surface area contributed by atoms with Gasteiger partial charge in [0.25, 0.3) is 0 Å². The molecule has 0 spiro atoms. The van der Waals surface area contributed by atoms with Crippen LogP contribution in [-0.2, 0) is 11.3 Å². The van der Waals surface area contributed by atoms with Crippen LogP contribution in [0.3, 0.4) is 0 Å². The van der Waals surface area contributed by atoms with Gasteiger partial charge in [-0.2, -0.15) is 4.39 Å². The van der Waals surface area contributed by atoms with E-state index in [4.69, 9.17) is 9.15 Å². The van der Waals surface area contributed by atoms with Crippen LogP contribution in [0.4, 0.5) is 8.78 Å². The van der Waals surface area contributed by atoms with E-state index in [1.807, 2.05) is 13.8 Å². The predicted octanol–water partition coefficient (Wildman–Crippen LogP) is 2.97. The van der Waals surface area contributed by atoms with Crippen LogP contribution in [0.2, 0.25) is 0 Å². The van der Waals surface area contributed by atoms with Crippen LogP contribution >= 0.6 is 0 Å². The predicted molar refractivity (Wildman–Crippen MR) is 71.6 cm³/mol. The standard InChI is InChI=1S/C14H18F2N2O2/c1-8(2)14-18-10-6-9(7-17-4-5-19-3)11(15)12(16)13(10)20-14/h6,8,17H,4-5,7H2,1-3H3. The van der Waals surface area contributed by atoms with Gasteiger partial charge in [-0.25, -0.2) is 9.37 Å². The molecular weight excluding hydrogens is 266 g/mol. The maximum atomic E-state index is 13.9. The Morgan fingerprint density at radius 3 is 2.75 bits per heavy atom. The summed E-state index contributed by atoms with van der Waals surface area (Å²) in [6.45, 7) is 5.05. The van der Waals surface area contributed by atoms with Crippen LogP contribution in [0.5, 0.6) is 0 Å². The molecule has 0 unspecified atom stereocenters. The number of fused-ring (bicyclic) bond motifs is 1. The summed E-state index contributed by atoms with van der Waals surface area (Å²) in [4.78, 5) is 4.19. The van der Waals surface area contributed by atoms with Gasteiger partial charge in [0.1, 0.15) is 5.52 Å². The molecule has 0 fully saturated rings. The van der Waals surface area contributed by atoms with Gasteiger partial charge in [-0.3, -0.25) is 0 Å². The van der Waals surface area contributed by atoms with Crippen LogP contribution in [0.15, 0.2) is 10.5 Å². The first-order valence-electron chi connectivity index (χ1n) is 6.51. The maximum Gasteiger partial charge on any atom is 0.203 e. The molecule has 2 rings (SSSR count). The molecule has 4 nitrogen and oxygen atoms in total. The number of hydrogen-bond donors (Lipinski definition) is 1. The second-order valence-corrected chi connectivity index (χ2v) is 4.89. The quantitative estimate of drug-likeness (QED) is 0.828. The lowest BCUT2D eigenvalue weighted by molar-refractivity contribution is 0.199. The summed E-state index contributed by atoms with van der Waals surface area (Å²) in [6.07, 6.45) is 0. The Morgan fingerprint density at radius 1 is 1.35 bits per heavy atom. The average Bonchev–Trinajstić information content (AvgIpc) is 2.84. The van der Waals surface area contributed by atoms with Crippen molar-refractivity contribution in [1.29, 1.82) is 0 Å². The van der Waals surface area contributed by atoms with Gasteiger partial charge in [-0.05, 0) is 6.07 Å². The summed E-state index contributed by atoms with van der Waals surface area (Å²) < 4.78 is 38.0. The molecule has 6 heteroatoms. The number of oxazole rings is 1. The second kappa shape index (κ2) is 6.28. The van der Waals surface area contributed by atoms with Crippen LogP contribution in [0, 0.1) is 11.6 Å². The fourth-order valence-corrected chi connectivity index (χ4v) is 1.85. The summed E-state index contributed by atoms with van der Waals surface area (Å²) in [5, 5.41) is 2.97. The third-order valence-electron chi connectivity index (χ3n) is 2.95. The van der Waals surface area contributed by atoms with Gasteiger partial charge in [0.05, 0.1) is 6.61 Å². The lowest BCUT2D eigenvalue weighted by Crippen LogP contribution is -2.19. The minimum Gasteiger partial charge on any atom is -0.437 e. The van der Waals surface area contributed by atoms with Crippen molar-refractivity contribution in [1.82, 2.24) is 10.3 Å². The molecule has 0 bridgehead atoms. The first kappa shape index (κ1) is 14.9. The zero-order valence-electron chi connectivity index (χ0n) is 11.8. The van der Waals surface area contributed by atoms with E-state index < -0.39 is 11.6 Å². The Hall–Kier alpha value is -1.53. The van der Waals surface area contributed by atoms with Crippen molar-refractivity contribution in [2.75, 3.05) is 20.3 Å². The highest BCUT2D eigenvalue weighted by Crippen LogP contribution is 2.27. The number of halogens is 2. The summed E-state index contributed by atoms with van der Waals surface area (Å²) in [5.74, 6) is -1.45. The van der Waals surface area contributed by atoms with Crippen LogP contribution in [0.1, 0.15) is 31.2 Å². The summed E-state index contributed by atoms with van der Waals surface area (Å²) in [5.41, 5.74) is 0.456. The van der Waals surface area contributed by atoms with Gasteiger partial charge in [-0.15, -0.1) is 0 Å². The van der Waals surface area contributed by atoms with E-state index in [0.29, 0.717) is 24.6 Å². The van der Waals surface area contributed by atoms with Crippen molar-refractivity contribution >= 4 is 11.1 Å². The molecule has 1 heterocycles. The number of ether oxygens (including phenoxy) is 1. The highest BCUT2D eigenvalue weighted by atomic mass is 19.2. The highest BCUT2D eigenvalue weighted by Gasteiger charge is 2.19. The van der Waals surface area contributed by atoms with Gasteiger partial charge in [0.15, 0.2) is 17.3 Å². The molecule has 2 aromatic rings. The number of aromatic nitrogens is 1. The van der Waals surface area contributed by atoms with Crippen LogP contribution in [-0.4, -0.2) is 25.2 Å². The second-order valence-electron chi connectivity index (χ2n) is 4.89. The summed E-state index contributed by atoms with van der Waals surface area (Å²) in [6, 6.07) is 1.52. The molecule has 0 atom stereocenters. The van der Waals surface area contributed by atoms with Gasteiger partial charge < -0.3 is 14.5 Å². The van der Waals surface area contributed by atoms with E-state index in [9.17, 15) is 8.78 Å². The van der Waals surface area contributed by atoms with Crippen molar-refractivity contribution in [2.24, 2.45) is 0 Å². The van der Waals surface area contributed by atoms with Crippen molar-refractivity contribution < 1.29 is 17.9 Å². The number of nitrogens with one attached hydrogen (secondary N) is 1. The van der Waals surface area contributed by atoms with E-state index >= 15 is 0 Å². The first-order chi connectivity index (χ1) is 9.54. The highest BCUT2D eigenvalue weighted by molar-refractivity contribution is 5.74. The van der Waals surface area contributed by atoms with E-state index in [1.54, 1.807) is 7.11 Å².